The quantitative estimate of drug-likeness (QED) is 0.392. The van der Waals surface area contributed by atoms with Crippen LogP contribution >= 0.6 is 24.0 Å². The van der Waals surface area contributed by atoms with Gasteiger partial charge in [-0.15, -0.1) is 24.0 Å². The second kappa shape index (κ2) is 7.45. The number of aliphatic hydroxyl groups is 1. The minimum absolute atomic E-state index is 0. The maximum absolute atomic E-state index is 12.0. The molecule has 1 fully saturated rings. The van der Waals surface area contributed by atoms with E-state index in [9.17, 15) is 13.5 Å². The van der Waals surface area contributed by atoms with Crippen molar-refractivity contribution in [2.24, 2.45) is 4.99 Å². The van der Waals surface area contributed by atoms with E-state index in [2.05, 4.69) is 10.3 Å². The number of nitrogens with one attached hydrogen (secondary N) is 1. The fraction of sp³-hybridized carbons (Fsp3) is 0.923. The van der Waals surface area contributed by atoms with Gasteiger partial charge in [-0.25, -0.2) is 8.42 Å². The molecule has 0 aromatic heterocycles. The highest BCUT2D eigenvalue weighted by Crippen LogP contribution is 2.23. The monoisotopic (exact) mass is 433 g/mol. The molecule has 126 valence electrons. The minimum atomic E-state index is -3.06. The molecule has 8 heteroatoms. The molecule has 1 saturated heterocycles. The van der Waals surface area contributed by atoms with Gasteiger partial charge in [-0.1, -0.05) is 6.92 Å². The Bertz CT molecular complexity index is 475. The first kappa shape index (κ1) is 20.9. The van der Waals surface area contributed by atoms with Crippen molar-refractivity contribution in [1.82, 2.24) is 10.2 Å². The average molecular weight is 433 g/mol. The van der Waals surface area contributed by atoms with Gasteiger partial charge in [-0.3, -0.25) is 4.99 Å². The number of sulfone groups is 1. The summed E-state index contributed by atoms with van der Waals surface area (Å²) < 4.78 is 23.2. The van der Waals surface area contributed by atoms with E-state index in [-0.39, 0.29) is 29.7 Å². The van der Waals surface area contributed by atoms with Crippen LogP contribution in [0.3, 0.4) is 0 Å². The molecule has 1 aliphatic heterocycles. The third-order valence-electron chi connectivity index (χ3n) is 3.94. The second-order valence-electron chi connectivity index (χ2n) is 6.25. The Morgan fingerprint density at radius 3 is 2.48 bits per heavy atom. The van der Waals surface area contributed by atoms with Crippen molar-refractivity contribution in [1.29, 1.82) is 0 Å². The Kier molecular flexibility index (Phi) is 7.42. The molecule has 1 atom stereocenters. The summed E-state index contributed by atoms with van der Waals surface area (Å²) in [6, 6.07) is 0. The zero-order chi connectivity index (χ0) is 15.6. The molecule has 1 heterocycles. The summed E-state index contributed by atoms with van der Waals surface area (Å²) in [5.41, 5.74) is -0.798. The van der Waals surface area contributed by atoms with Gasteiger partial charge in [0, 0.05) is 26.7 Å². The molecule has 0 bridgehead atoms. The molecule has 0 radical (unpaired) electrons. The Morgan fingerprint density at radius 2 is 2.05 bits per heavy atom. The molecule has 21 heavy (non-hydrogen) atoms. The fourth-order valence-electron chi connectivity index (χ4n) is 2.05. The third-order valence-corrected chi connectivity index (χ3v) is 6.48. The lowest BCUT2D eigenvalue weighted by atomic mass is 10.0. The first-order chi connectivity index (χ1) is 9.04. The number of halogens is 1. The van der Waals surface area contributed by atoms with E-state index in [0.717, 1.165) is 0 Å². The van der Waals surface area contributed by atoms with E-state index >= 15 is 0 Å². The third kappa shape index (κ3) is 5.24. The molecule has 2 N–H and O–H groups in total. The normalized spacial score (nSPS) is 23.9. The Labute approximate surface area is 145 Å². The molecule has 1 aliphatic rings. The summed E-state index contributed by atoms with van der Waals surface area (Å²) in [7, 11) is -1.39. The lowest BCUT2D eigenvalue weighted by Crippen LogP contribution is -2.58. The smallest absolute Gasteiger partial charge is 0.193 e. The molecule has 0 saturated carbocycles. The average Bonchev–Trinajstić information content (AvgIpc) is 2.34. The van der Waals surface area contributed by atoms with Gasteiger partial charge in [-0.2, -0.15) is 0 Å². The summed E-state index contributed by atoms with van der Waals surface area (Å²) in [5, 5.41) is 13.1. The first-order valence-electron chi connectivity index (χ1n) is 6.95. The van der Waals surface area contributed by atoms with Crippen LogP contribution in [-0.4, -0.2) is 67.2 Å². The Balaban J connectivity index is 0.00000400. The van der Waals surface area contributed by atoms with Gasteiger partial charge in [0.1, 0.15) is 0 Å². The van der Waals surface area contributed by atoms with Gasteiger partial charge in [0.15, 0.2) is 15.8 Å². The molecule has 0 aromatic carbocycles. The maximum Gasteiger partial charge on any atom is 0.193 e. The van der Waals surface area contributed by atoms with Crippen LogP contribution in [0.4, 0.5) is 0 Å². The van der Waals surface area contributed by atoms with Crippen LogP contribution in [0.1, 0.15) is 34.1 Å². The van der Waals surface area contributed by atoms with Crippen molar-refractivity contribution in [3.8, 4) is 0 Å². The lowest BCUT2D eigenvalue weighted by molar-refractivity contribution is 0.0596. The highest BCUT2D eigenvalue weighted by molar-refractivity contribution is 14.0. The molecule has 6 nitrogen and oxygen atoms in total. The maximum atomic E-state index is 12.0. The van der Waals surface area contributed by atoms with E-state index in [1.165, 1.54) is 0 Å². The molecule has 0 aromatic rings. The van der Waals surface area contributed by atoms with Crippen molar-refractivity contribution in [2.75, 3.05) is 32.4 Å². The number of guanidine groups is 1. The summed E-state index contributed by atoms with van der Waals surface area (Å²) in [5.74, 6) is 0.770. The van der Waals surface area contributed by atoms with E-state index in [0.29, 0.717) is 32.0 Å². The highest BCUT2D eigenvalue weighted by atomic mass is 127. The number of nitrogens with zero attached hydrogens (tertiary/aromatic N) is 2. The zero-order valence-corrected chi connectivity index (χ0v) is 16.7. The van der Waals surface area contributed by atoms with Gasteiger partial charge in [0.05, 0.1) is 16.1 Å². The predicted octanol–water partition coefficient (Wildman–Crippen LogP) is 0.850. The predicted molar refractivity (Wildman–Crippen MR) is 97.1 cm³/mol. The van der Waals surface area contributed by atoms with E-state index in [4.69, 9.17) is 0 Å². The molecule has 1 rings (SSSR count). The summed E-state index contributed by atoms with van der Waals surface area (Å²) in [6.07, 6.45) is 0.636. The molecule has 1 unspecified atom stereocenters. The van der Waals surface area contributed by atoms with Crippen LogP contribution in [0.15, 0.2) is 4.99 Å². The van der Waals surface area contributed by atoms with Gasteiger partial charge in [-0.05, 0) is 27.2 Å². The van der Waals surface area contributed by atoms with Gasteiger partial charge in [0.25, 0.3) is 0 Å². The van der Waals surface area contributed by atoms with Gasteiger partial charge >= 0.3 is 0 Å². The van der Waals surface area contributed by atoms with Crippen molar-refractivity contribution in [2.45, 2.75) is 44.5 Å². The van der Waals surface area contributed by atoms with Crippen LogP contribution < -0.4 is 5.32 Å². The number of hydrogen-bond donors (Lipinski definition) is 2. The summed E-state index contributed by atoms with van der Waals surface area (Å²) in [4.78, 5) is 6.13. The molecule has 0 amide bonds. The second-order valence-corrected chi connectivity index (χ2v) is 8.99. The summed E-state index contributed by atoms with van der Waals surface area (Å²) >= 11 is 0. The van der Waals surface area contributed by atoms with Gasteiger partial charge < -0.3 is 15.3 Å². The molecular formula is C13H28IN3O3S. The van der Waals surface area contributed by atoms with Crippen LogP contribution in [0.25, 0.3) is 0 Å². The van der Waals surface area contributed by atoms with Crippen LogP contribution in [0.2, 0.25) is 0 Å². The van der Waals surface area contributed by atoms with E-state index in [1.807, 2.05) is 11.8 Å². The van der Waals surface area contributed by atoms with Crippen LogP contribution in [0.5, 0.6) is 0 Å². The minimum Gasteiger partial charge on any atom is -0.388 e. The molecule has 0 aliphatic carbocycles. The largest absolute Gasteiger partial charge is 0.388 e. The highest BCUT2D eigenvalue weighted by Gasteiger charge is 2.41. The number of aliphatic imine (C=N–C) groups is 1. The van der Waals surface area contributed by atoms with Crippen LogP contribution in [0, 0.1) is 0 Å². The van der Waals surface area contributed by atoms with Crippen molar-refractivity contribution < 1.29 is 13.5 Å². The van der Waals surface area contributed by atoms with Crippen molar-refractivity contribution in [3.05, 3.63) is 0 Å². The van der Waals surface area contributed by atoms with Crippen LogP contribution in [-0.2, 0) is 9.84 Å². The number of hydrogen-bond acceptors (Lipinski definition) is 4. The van der Waals surface area contributed by atoms with Crippen molar-refractivity contribution in [3.63, 3.8) is 0 Å². The lowest BCUT2D eigenvalue weighted by Gasteiger charge is -2.39. The topological polar surface area (TPSA) is 82.0 Å². The van der Waals surface area contributed by atoms with Crippen molar-refractivity contribution >= 4 is 39.8 Å². The SMILES string of the molecule is CCC(C)(O)CNC(=NC)N1CCS(=O)(=O)C(C)(C)C1.I. The fourth-order valence-corrected chi connectivity index (χ4v) is 3.42. The van der Waals surface area contributed by atoms with Gasteiger partial charge in [0.2, 0.25) is 0 Å². The van der Waals surface area contributed by atoms with E-state index < -0.39 is 20.2 Å². The summed E-state index contributed by atoms with van der Waals surface area (Å²) in [6.45, 7) is 8.38. The first-order valence-corrected chi connectivity index (χ1v) is 8.60. The zero-order valence-electron chi connectivity index (χ0n) is 13.5. The molecule has 0 spiro atoms. The Hall–Kier alpha value is -0.0900. The standard InChI is InChI=1S/C13H27N3O3S.HI/c1-6-13(4,17)9-15-11(14-5)16-7-8-20(18,19)12(2,3)10-16;/h17H,6-10H2,1-5H3,(H,14,15);1H. The van der Waals surface area contributed by atoms with E-state index in [1.54, 1.807) is 27.8 Å². The number of rotatable bonds is 3. The molecular weight excluding hydrogens is 405 g/mol. The Morgan fingerprint density at radius 1 is 1.48 bits per heavy atom.